The van der Waals surface area contributed by atoms with Gasteiger partial charge in [-0.2, -0.15) is 0 Å². The topological polar surface area (TPSA) is 33.1 Å². The lowest BCUT2D eigenvalue weighted by molar-refractivity contribution is 0.565. The zero-order chi connectivity index (χ0) is 24.0. The molecule has 0 bridgehead atoms. The minimum atomic E-state index is -0.283. The number of benzene rings is 2. The molecule has 3 heterocycles. The first-order valence-electron chi connectivity index (χ1n) is 11.1. The van der Waals surface area contributed by atoms with Gasteiger partial charge in [-0.25, -0.2) is 4.39 Å². The molecule has 34 heavy (non-hydrogen) atoms. The van der Waals surface area contributed by atoms with Gasteiger partial charge in [-0.05, 0) is 98.7 Å². The lowest BCUT2D eigenvalue weighted by atomic mass is 9.96. The van der Waals surface area contributed by atoms with Gasteiger partial charge < -0.3 is 14.8 Å². The standard InChI is InChI=1S/C27H24ClFN4S/c1-16-7-8-19(28)15-24(16)32-17(2)14-22(18(32)3)26-25(23-6-4-5-13-30-23)31-27(34)33(26)21-11-9-20(29)10-12-21/h4-15,25-26H,1-3H3,(H,31,34)/t25-,26-/m1/s1. The summed E-state index contributed by atoms with van der Waals surface area (Å²) in [6.07, 6.45) is 1.79. The van der Waals surface area contributed by atoms with E-state index < -0.39 is 0 Å². The van der Waals surface area contributed by atoms with E-state index in [1.54, 1.807) is 18.3 Å². The summed E-state index contributed by atoms with van der Waals surface area (Å²) in [7, 11) is 0. The number of aromatic nitrogens is 2. The smallest absolute Gasteiger partial charge is 0.174 e. The number of pyridine rings is 1. The summed E-state index contributed by atoms with van der Waals surface area (Å²) in [4.78, 5) is 6.68. The van der Waals surface area contributed by atoms with Crippen molar-refractivity contribution in [1.82, 2.24) is 14.9 Å². The van der Waals surface area contributed by atoms with E-state index in [1.165, 1.54) is 12.1 Å². The predicted molar refractivity (Wildman–Crippen MR) is 139 cm³/mol. The molecule has 7 heteroatoms. The Labute approximate surface area is 209 Å². The second-order valence-electron chi connectivity index (χ2n) is 8.57. The van der Waals surface area contributed by atoms with Crippen LogP contribution in [0.3, 0.4) is 0 Å². The van der Waals surface area contributed by atoms with Crippen LogP contribution in [0.1, 0.15) is 40.3 Å². The highest BCUT2D eigenvalue weighted by atomic mass is 35.5. The van der Waals surface area contributed by atoms with Crippen molar-refractivity contribution < 1.29 is 4.39 Å². The van der Waals surface area contributed by atoms with Crippen LogP contribution in [0.25, 0.3) is 5.69 Å². The molecule has 5 rings (SSSR count). The van der Waals surface area contributed by atoms with Crippen molar-refractivity contribution >= 4 is 34.6 Å². The Morgan fingerprint density at radius 1 is 1.00 bits per heavy atom. The third-order valence-corrected chi connectivity index (χ3v) is 6.95. The average molecular weight is 491 g/mol. The van der Waals surface area contributed by atoms with Gasteiger partial charge in [0, 0.05) is 34.0 Å². The molecule has 0 amide bonds. The summed E-state index contributed by atoms with van der Waals surface area (Å²) in [6, 6.07) is 20.1. The monoisotopic (exact) mass is 490 g/mol. The zero-order valence-electron chi connectivity index (χ0n) is 19.1. The van der Waals surface area contributed by atoms with E-state index in [9.17, 15) is 4.39 Å². The van der Waals surface area contributed by atoms with E-state index in [0.29, 0.717) is 10.1 Å². The number of hydrogen-bond acceptors (Lipinski definition) is 2. The van der Waals surface area contributed by atoms with Crippen LogP contribution in [0.5, 0.6) is 0 Å². The molecule has 0 radical (unpaired) electrons. The first kappa shape index (κ1) is 22.6. The molecular formula is C27H24ClFN4S. The molecule has 2 atom stereocenters. The number of hydrogen-bond donors (Lipinski definition) is 1. The second kappa shape index (κ2) is 8.85. The molecule has 4 aromatic rings. The molecule has 1 fully saturated rings. The number of halogens is 2. The lowest BCUT2D eigenvalue weighted by Gasteiger charge is -2.28. The van der Waals surface area contributed by atoms with Crippen LogP contribution in [0.15, 0.2) is 72.9 Å². The normalized spacial score (nSPS) is 17.8. The second-order valence-corrected chi connectivity index (χ2v) is 9.39. The van der Waals surface area contributed by atoms with E-state index in [4.69, 9.17) is 23.8 Å². The van der Waals surface area contributed by atoms with Crippen LogP contribution >= 0.6 is 23.8 Å². The van der Waals surface area contributed by atoms with Crippen LogP contribution in [0, 0.1) is 26.6 Å². The highest BCUT2D eigenvalue weighted by Gasteiger charge is 2.42. The molecule has 1 aliphatic heterocycles. The number of anilines is 1. The Morgan fingerprint density at radius 2 is 1.76 bits per heavy atom. The maximum atomic E-state index is 13.7. The molecular weight excluding hydrogens is 467 g/mol. The van der Waals surface area contributed by atoms with E-state index in [0.717, 1.165) is 39.6 Å². The van der Waals surface area contributed by atoms with Crippen molar-refractivity contribution in [3.63, 3.8) is 0 Å². The Morgan fingerprint density at radius 3 is 2.47 bits per heavy atom. The van der Waals surface area contributed by atoms with Gasteiger partial charge in [0.15, 0.2) is 5.11 Å². The van der Waals surface area contributed by atoms with Crippen molar-refractivity contribution in [2.75, 3.05) is 4.90 Å². The van der Waals surface area contributed by atoms with Gasteiger partial charge >= 0.3 is 0 Å². The Balaban J connectivity index is 1.70. The molecule has 2 aromatic carbocycles. The molecule has 2 aromatic heterocycles. The van der Waals surface area contributed by atoms with Gasteiger partial charge in [-0.3, -0.25) is 4.98 Å². The van der Waals surface area contributed by atoms with Crippen LogP contribution < -0.4 is 10.2 Å². The first-order chi connectivity index (χ1) is 16.3. The predicted octanol–water partition coefficient (Wildman–Crippen LogP) is 6.77. The van der Waals surface area contributed by atoms with Crippen molar-refractivity contribution in [2.45, 2.75) is 32.9 Å². The number of rotatable bonds is 4. The fourth-order valence-corrected chi connectivity index (χ4v) is 5.34. The van der Waals surface area contributed by atoms with E-state index in [-0.39, 0.29) is 17.9 Å². The van der Waals surface area contributed by atoms with Crippen molar-refractivity contribution in [1.29, 1.82) is 0 Å². The summed E-state index contributed by atoms with van der Waals surface area (Å²) in [5.41, 5.74) is 7.19. The van der Waals surface area contributed by atoms with E-state index in [1.807, 2.05) is 36.4 Å². The van der Waals surface area contributed by atoms with Crippen LogP contribution in [-0.2, 0) is 0 Å². The number of aryl methyl sites for hydroxylation is 2. The minimum absolute atomic E-state index is 0.173. The average Bonchev–Trinajstić information content (AvgIpc) is 3.32. The SMILES string of the molecule is Cc1ccc(Cl)cc1-n1c(C)cc([C@@H]2[C@@H](c3ccccn3)NC(=S)N2c2ccc(F)cc2)c1C. The lowest BCUT2D eigenvalue weighted by Crippen LogP contribution is -2.29. The maximum Gasteiger partial charge on any atom is 0.174 e. The maximum absolute atomic E-state index is 13.7. The quantitative estimate of drug-likeness (QED) is 0.320. The summed E-state index contributed by atoms with van der Waals surface area (Å²) >= 11 is 12.1. The number of nitrogens with zero attached hydrogens (tertiary/aromatic N) is 3. The molecule has 0 saturated carbocycles. The number of thiocarbonyl (C=S) groups is 1. The van der Waals surface area contributed by atoms with Crippen molar-refractivity contribution in [3.05, 3.63) is 112 Å². The van der Waals surface area contributed by atoms with Crippen LogP contribution in [0.4, 0.5) is 10.1 Å². The molecule has 1 aliphatic rings. The summed E-state index contributed by atoms with van der Waals surface area (Å²) in [5, 5.41) is 4.74. The number of nitrogens with one attached hydrogen (secondary N) is 1. The zero-order valence-corrected chi connectivity index (χ0v) is 20.7. The molecule has 1 saturated heterocycles. The fourth-order valence-electron chi connectivity index (χ4n) is 4.83. The van der Waals surface area contributed by atoms with Gasteiger partial charge in [0.05, 0.1) is 17.8 Å². The van der Waals surface area contributed by atoms with E-state index >= 15 is 0 Å². The fraction of sp³-hybridized carbons (Fsp3) is 0.185. The molecule has 1 N–H and O–H groups in total. The third-order valence-electron chi connectivity index (χ3n) is 6.40. The van der Waals surface area contributed by atoms with Crippen molar-refractivity contribution in [3.8, 4) is 5.69 Å². The largest absolute Gasteiger partial charge is 0.351 e. The molecule has 0 spiro atoms. The van der Waals surface area contributed by atoms with Crippen molar-refractivity contribution in [2.24, 2.45) is 0 Å². The van der Waals surface area contributed by atoms with Gasteiger partial charge in [0.1, 0.15) is 5.82 Å². The van der Waals surface area contributed by atoms with Crippen LogP contribution in [-0.4, -0.2) is 14.7 Å². The first-order valence-corrected chi connectivity index (χ1v) is 11.9. The Hall–Kier alpha value is -3.22. The van der Waals surface area contributed by atoms with Gasteiger partial charge in [-0.1, -0.05) is 23.7 Å². The highest BCUT2D eigenvalue weighted by Crippen LogP contribution is 2.44. The summed E-state index contributed by atoms with van der Waals surface area (Å²) in [5.74, 6) is -0.283. The highest BCUT2D eigenvalue weighted by molar-refractivity contribution is 7.80. The van der Waals surface area contributed by atoms with Gasteiger partial charge in [0.25, 0.3) is 0 Å². The van der Waals surface area contributed by atoms with Gasteiger partial charge in [-0.15, -0.1) is 0 Å². The minimum Gasteiger partial charge on any atom is -0.351 e. The summed E-state index contributed by atoms with van der Waals surface area (Å²) in [6.45, 7) is 6.29. The Kier molecular flexibility index (Phi) is 5.88. The summed E-state index contributed by atoms with van der Waals surface area (Å²) < 4.78 is 16.0. The third kappa shape index (κ3) is 3.87. The molecule has 4 nitrogen and oxygen atoms in total. The van der Waals surface area contributed by atoms with Crippen LogP contribution in [0.2, 0.25) is 5.02 Å². The molecule has 172 valence electrons. The molecule has 0 aliphatic carbocycles. The van der Waals surface area contributed by atoms with Gasteiger partial charge in [0.2, 0.25) is 0 Å². The van der Waals surface area contributed by atoms with E-state index in [2.05, 4.69) is 46.6 Å². The molecule has 0 unspecified atom stereocenters. The Bertz CT molecular complexity index is 1370.